The Morgan fingerprint density at radius 1 is 1.03 bits per heavy atom. The largest absolute Gasteiger partial charge is 0.395 e. The van der Waals surface area contributed by atoms with Crippen LogP contribution in [0, 0.1) is 0 Å². The van der Waals surface area contributed by atoms with Crippen LogP contribution in [0.5, 0.6) is 0 Å². The SMILES string of the molecule is OC[C@H]1CCCN1Cc1cc2cc(-c3cccc(CN4C[C@@H]5CC4CO5)c3)ccc2[nH]1. The van der Waals surface area contributed by atoms with Gasteiger partial charge in [-0.25, -0.2) is 0 Å². The summed E-state index contributed by atoms with van der Waals surface area (Å²) in [6.07, 6.45) is 3.93. The number of nitrogens with zero attached hydrogens (tertiary/aromatic N) is 2. The van der Waals surface area contributed by atoms with Gasteiger partial charge in [0.1, 0.15) is 0 Å². The van der Waals surface area contributed by atoms with Crippen LogP contribution in [0.2, 0.25) is 0 Å². The Morgan fingerprint density at radius 2 is 1.97 bits per heavy atom. The summed E-state index contributed by atoms with van der Waals surface area (Å²) >= 11 is 0. The maximum atomic E-state index is 9.60. The summed E-state index contributed by atoms with van der Waals surface area (Å²) in [6, 6.07) is 18.9. The molecule has 0 aliphatic carbocycles. The second-order valence-electron chi connectivity index (χ2n) is 9.52. The highest BCUT2D eigenvalue weighted by Crippen LogP contribution is 2.31. The van der Waals surface area contributed by atoms with Crippen molar-refractivity contribution < 1.29 is 9.84 Å². The summed E-state index contributed by atoms with van der Waals surface area (Å²) < 4.78 is 5.75. The van der Waals surface area contributed by atoms with Crippen LogP contribution in [-0.2, 0) is 17.8 Å². The molecule has 31 heavy (non-hydrogen) atoms. The Kier molecular flexibility index (Phi) is 5.07. The Balaban J connectivity index is 1.21. The number of nitrogens with one attached hydrogen (secondary N) is 1. The number of likely N-dealkylation sites (tertiary alicyclic amines) is 2. The molecule has 0 spiro atoms. The average Bonchev–Trinajstić information content (AvgIpc) is 3.57. The summed E-state index contributed by atoms with van der Waals surface area (Å²) in [4.78, 5) is 8.55. The topological polar surface area (TPSA) is 51.7 Å². The average molecular weight is 418 g/mol. The van der Waals surface area contributed by atoms with Crippen molar-refractivity contribution in [2.45, 2.75) is 50.5 Å². The van der Waals surface area contributed by atoms with Crippen LogP contribution in [0.15, 0.2) is 48.5 Å². The highest BCUT2D eigenvalue weighted by molar-refractivity contribution is 5.86. The third kappa shape index (κ3) is 3.80. The first-order valence-corrected chi connectivity index (χ1v) is 11.7. The molecule has 3 saturated heterocycles. The normalized spacial score (nSPS) is 26.4. The second-order valence-corrected chi connectivity index (χ2v) is 9.52. The minimum atomic E-state index is 0.257. The zero-order valence-corrected chi connectivity index (χ0v) is 18.0. The molecule has 2 bridgehead atoms. The molecule has 2 aromatic carbocycles. The van der Waals surface area contributed by atoms with E-state index in [0.717, 1.165) is 39.2 Å². The van der Waals surface area contributed by atoms with Crippen molar-refractivity contribution in [2.75, 3.05) is 26.3 Å². The Labute approximate surface area is 183 Å². The molecule has 5 nitrogen and oxygen atoms in total. The van der Waals surface area contributed by atoms with Crippen LogP contribution in [-0.4, -0.2) is 64.4 Å². The number of H-pyrrole nitrogens is 1. The van der Waals surface area contributed by atoms with Gasteiger partial charge >= 0.3 is 0 Å². The highest BCUT2D eigenvalue weighted by atomic mass is 16.5. The van der Waals surface area contributed by atoms with Gasteiger partial charge in [0, 0.05) is 48.3 Å². The number of morpholine rings is 1. The molecule has 3 aliphatic heterocycles. The lowest BCUT2D eigenvalue weighted by atomic mass is 10.0. The molecule has 6 rings (SSSR count). The lowest BCUT2D eigenvalue weighted by Gasteiger charge is -2.26. The van der Waals surface area contributed by atoms with Gasteiger partial charge in [-0.15, -0.1) is 0 Å². The summed E-state index contributed by atoms with van der Waals surface area (Å²) in [5.41, 5.74) is 6.34. The molecule has 0 amide bonds. The Hall–Kier alpha value is -2.18. The van der Waals surface area contributed by atoms with Crippen LogP contribution >= 0.6 is 0 Å². The van der Waals surface area contributed by atoms with Gasteiger partial charge in [0.15, 0.2) is 0 Å². The first kappa shape index (κ1) is 19.5. The number of aromatic amines is 1. The van der Waals surface area contributed by atoms with Gasteiger partial charge in [-0.3, -0.25) is 9.80 Å². The van der Waals surface area contributed by atoms with Crippen LogP contribution in [0.1, 0.15) is 30.5 Å². The predicted molar refractivity (Wildman–Crippen MR) is 123 cm³/mol. The number of fused-ring (bicyclic) bond motifs is 3. The molecule has 3 aromatic rings. The monoisotopic (exact) mass is 417 g/mol. The van der Waals surface area contributed by atoms with Crippen molar-refractivity contribution in [1.29, 1.82) is 0 Å². The Bertz CT molecular complexity index is 1080. The molecular formula is C26H31N3O2. The highest BCUT2D eigenvalue weighted by Gasteiger charge is 2.38. The van der Waals surface area contributed by atoms with Gasteiger partial charge in [0.05, 0.1) is 19.3 Å². The van der Waals surface area contributed by atoms with E-state index < -0.39 is 0 Å². The first-order valence-electron chi connectivity index (χ1n) is 11.7. The maximum absolute atomic E-state index is 9.60. The van der Waals surface area contributed by atoms with E-state index in [1.165, 1.54) is 46.1 Å². The standard InChI is InChI=1S/C26H31N3O2/c30-16-23-5-2-8-28(23)14-22-11-21-10-20(6-7-26(21)27-22)19-4-1-3-18(9-19)13-29-15-25-12-24(29)17-31-25/h1,3-4,6-7,9-11,23-25,27,30H,2,5,8,12-17H2/t23-,24?,25+/m1/s1. The maximum Gasteiger partial charge on any atom is 0.0718 e. The van der Waals surface area contributed by atoms with Crippen LogP contribution in [0.3, 0.4) is 0 Å². The fourth-order valence-electron chi connectivity index (χ4n) is 5.74. The number of aromatic nitrogens is 1. The molecule has 1 aromatic heterocycles. The van der Waals surface area contributed by atoms with E-state index in [1.54, 1.807) is 0 Å². The molecular weight excluding hydrogens is 386 g/mol. The quantitative estimate of drug-likeness (QED) is 0.641. The van der Waals surface area contributed by atoms with E-state index in [-0.39, 0.29) is 6.61 Å². The minimum Gasteiger partial charge on any atom is -0.395 e. The molecule has 0 radical (unpaired) electrons. The van der Waals surface area contributed by atoms with E-state index in [9.17, 15) is 5.11 Å². The molecule has 3 fully saturated rings. The predicted octanol–water partition coefficient (Wildman–Crippen LogP) is 3.76. The van der Waals surface area contributed by atoms with Crippen LogP contribution in [0.25, 0.3) is 22.0 Å². The third-order valence-corrected chi connectivity index (χ3v) is 7.42. The second kappa shape index (κ2) is 8.06. The molecule has 3 aliphatic rings. The van der Waals surface area contributed by atoms with Gasteiger partial charge < -0.3 is 14.8 Å². The van der Waals surface area contributed by atoms with E-state index in [2.05, 4.69) is 63.3 Å². The summed E-state index contributed by atoms with van der Waals surface area (Å²) in [5.74, 6) is 0. The van der Waals surface area contributed by atoms with Gasteiger partial charge in [-0.2, -0.15) is 0 Å². The number of aliphatic hydroxyl groups is 1. The van der Waals surface area contributed by atoms with Gasteiger partial charge in [-0.05, 0) is 66.8 Å². The number of hydrogen-bond acceptors (Lipinski definition) is 4. The molecule has 5 heteroatoms. The van der Waals surface area contributed by atoms with Gasteiger partial charge in [0.25, 0.3) is 0 Å². The summed E-state index contributed by atoms with van der Waals surface area (Å²) in [6.45, 7) is 5.19. The first-order chi connectivity index (χ1) is 15.2. The van der Waals surface area contributed by atoms with Crippen molar-refractivity contribution in [3.8, 4) is 11.1 Å². The lowest BCUT2D eigenvalue weighted by molar-refractivity contribution is 0.0273. The molecule has 3 atom stereocenters. The number of ether oxygens (including phenoxy) is 1. The molecule has 162 valence electrons. The fraction of sp³-hybridized carbons (Fsp3) is 0.462. The molecule has 1 unspecified atom stereocenters. The third-order valence-electron chi connectivity index (χ3n) is 7.42. The van der Waals surface area contributed by atoms with E-state index in [4.69, 9.17) is 4.74 Å². The van der Waals surface area contributed by atoms with Crippen molar-refractivity contribution in [3.05, 3.63) is 59.8 Å². The van der Waals surface area contributed by atoms with Gasteiger partial charge in [-0.1, -0.05) is 24.3 Å². The smallest absolute Gasteiger partial charge is 0.0718 e. The minimum absolute atomic E-state index is 0.257. The number of rotatable bonds is 6. The summed E-state index contributed by atoms with van der Waals surface area (Å²) in [5, 5.41) is 10.9. The number of hydrogen-bond donors (Lipinski definition) is 2. The van der Waals surface area contributed by atoms with Crippen molar-refractivity contribution in [2.24, 2.45) is 0 Å². The number of benzene rings is 2. The van der Waals surface area contributed by atoms with E-state index in [1.807, 2.05) is 0 Å². The molecule has 2 N–H and O–H groups in total. The zero-order chi connectivity index (χ0) is 20.8. The van der Waals surface area contributed by atoms with Gasteiger partial charge in [0.2, 0.25) is 0 Å². The Morgan fingerprint density at radius 3 is 2.81 bits per heavy atom. The molecule has 4 heterocycles. The zero-order valence-electron chi connectivity index (χ0n) is 18.0. The van der Waals surface area contributed by atoms with Crippen molar-refractivity contribution in [3.63, 3.8) is 0 Å². The van der Waals surface area contributed by atoms with E-state index >= 15 is 0 Å². The molecule has 0 saturated carbocycles. The van der Waals surface area contributed by atoms with E-state index in [0.29, 0.717) is 18.2 Å². The summed E-state index contributed by atoms with van der Waals surface area (Å²) in [7, 11) is 0. The van der Waals surface area contributed by atoms with Crippen molar-refractivity contribution >= 4 is 10.9 Å². The number of aliphatic hydroxyl groups excluding tert-OH is 1. The lowest BCUT2D eigenvalue weighted by Crippen LogP contribution is -2.36. The fourth-order valence-corrected chi connectivity index (χ4v) is 5.74. The van der Waals surface area contributed by atoms with Crippen LogP contribution in [0.4, 0.5) is 0 Å². The van der Waals surface area contributed by atoms with Crippen molar-refractivity contribution in [1.82, 2.24) is 14.8 Å². The van der Waals surface area contributed by atoms with Crippen LogP contribution < -0.4 is 0 Å².